The van der Waals surface area contributed by atoms with Gasteiger partial charge in [-0.25, -0.2) is 4.79 Å². The number of benzene rings is 2. The minimum atomic E-state index is -0.287. The molecule has 1 unspecified atom stereocenters. The van der Waals surface area contributed by atoms with Gasteiger partial charge in [-0.05, 0) is 61.7 Å². The van der Waals surface area contributed by atoms with E-state index in [1.165, 1.54) is 5.56 Å². The summed E-state index contributed by atoms with van der Waals surface area (Å²) in [6, 6.07) is 13.1. The van der Waals surface area contributed by atoms with Crippen LogP contribution in [0.2, 0.25) is 0 Å². The number of hydrogen-bond acceptors (Lipinski definition) is 2. The van der Waals surface area contributed by atoms with Gasteiger partial charge in [0.2, 0.25) is 5.91 Å². The quantitative estimate of drug-likeness (QED) is 0.900. The molecule has 2 aromatic carbocycles. The molecule has 0 saturated carbocycles. The van der Waals surface area contributed by atoms with Crippen LogP contribution in [0.1, 0.15) is 23.1 Å². The van der Waals surface area contributed by atoms with Gasteiger partial charge in [-0.3, -0.25) is 4.79 Å². The normalized spacial score (nSPS) is 16.8. The van der Waals surface area contributed by atoms with Crippen molar-refractivity contribution >= 4 is 23.3 Å². The summed E-state index contributed by atoms with van der Waals surface area (Å²) in [5.74, 6) is 0.0316. The molecule has 1 fully saturated rings. The lowest BCUT2D eigenvalue weighted by Gasteiger charge is -2.18. The van der Waals surface area contributed by atoms with Gasteiger partial charge in [0.1, 0.15) is 0 Å². The molecule has 5 heteroatoms. The number of anilines is 2. The first-order chi connectivity index (χ1) is 11.9. The van der Waals surface area contributed by atoms with E-state index in [9.17, 15) is 9.59 Å². The lowest BCUT2D eigenvalue weighted by Crippen LogP contribution is -2.39. The van der Waals surface area contributed by atoms with E-state index in [0.29, 0.717) is 13.0 Å². The number of rotatable bonds is 3. The predicted molar refractivity (Wildman–Crippen MR) is 100 cm³/mol. The largest absolute Gasteiger partial charge is 0.333 e. The fourth-order valence-electron chi connectivity index (χ4n) is 3.02. The molecule has 1 saturated heterocycles. The van der Waals surface area contributed by atoms with Crippen LogP contribution in [0, 0.1) is 20.8 Å². The van der Waals surface area contributed by atoms with Crippen molar-refractivity contribution in [3.8, 4) is 0 Å². The molecule has 1 heterocycles. The van der Waals surface area contributed by atoms with E-state index < -0.39 is 0 Å². The number of aryl methyl sites for hydroxylation is 3. The topological polar surface area (TPSA) is 61.4 Å². The third kappa shape index (κ3) is 3.99. The Hall–Kier alpha value is -2.82. The second-order valence-electron chi connectivity index (χ2n) is 6.64. The Bertz CT molecular complexity index is 816. The van der Waals surface area contributed by atoms with Crippen molar-refractivity contribution in [2.75, 3.05) is 16.8 Å². The summed E-state index contributed by atoms with van der Waals surface area (Å²) >= 11 is 0. The van der Waals surface area contributed by atoms with Gasteiger partial charge in [0.25, 0.3) is 0 Å². The molecule has 2 N–H and O–H groups in total. The molecule has 1 aliphatic heterocycles. The van der Waals surface area contributed by atoms with Gasteiger partial charge in [0.15, 0.2) is 0 Å². The van der Waals surface area contributed by atoms with E-state index in [1.54, 1.807) is 4.90 Å². The lowest BCUT2D eigenvalue weighted by atomic mass is 10.1. The zero-order valence-electron chi connectivity index (χ0n) is 14.8. The Balaban J connectivity index is 1.62. The van der Waals surface area contributed by atoms with E-state index in [4.69, 9.17) is 0 Å². The van der Waals surface area contributed by atoms with Crippen molar-refractivity contribution in [1.29, 1.82) is 0 Å². The summed E-state index contributed by atoms with van der Waals surface area (Å²) in [5, 5.41) is 5.71. The summed E-state index contributed by atoms with van der Waals surface area (Å²) in [4.78, 5) is 26.2. The zero-order chi connectivity index (χ0) is 18.0. The highest BCUT2D eigenvalue weighted by Gasteiger charge is 2.31. The first kappa shape index (κ1) is 17.0. The van der Waals surface area contributed by atoms with Crippen molar-refractivity contribution in [2.24, 2.45) is 0 Å². The van der Waals surface area contributed by atoms with Crippen LogP contribution in [0.15, 0.2) is 42.5 Å². The van der Waals surface area contributed by atoms with Gasteiger partial charge in [-0.2, -0.15) is 0 Å². The van der Waals surface area contributed by atoms with Crippen LogP contribution in [0.5, 0.6) is 0 Å². The lowest BCUT2D eigenvalue weighted by molar-refractivity contribution is -0.117. The van der Waals surface area contributed by atoms with Crippen LogP contribution in [-0.4, -0.2) is 24.5 Å². The fraction of sp³-hybridized carbons (Fsp3) is 0.300. The van der Waals surface area contributed by atoms with Gasteiger partial charge >= 0.3 is 6.03 Å². The van der Waals surface area contributed by atoms with Crippen molar-refractivity contribution < 1.29 is 9.59 Å². The molecule has 3 amide bonds. The van der Waals surface area contributed by atoms with Gasteiger partial charge in [-0.1, -0.05) is 18.2 Å². The molecule has 25 heavy (non-hydrogen) atoms. The second kappa shape index (κ2) is 6.97. The van der Waals surface area contributed by atoms with Crippen LogP contribution < -0.4 is 15.5 Å². The number of nitrogens with one attached hydrogen (secondary N) is 2. The third-order valence-electron chi connectivity index (χ3n) is 4.54. The smallest absolute Gasteiger partial charge is 0.319 e. The van der Waals surface area contributed by atoms with E-state index in [-0.39, 0.29) is 18.0 Å². The highest BCUT2D eigenvalue weighted by Crippen LogP contribution is 2.24. The average Bonchev–Trinajstić information content (AvgIpc) is 2.90. The maximum Gasteiger partial charge on any atom is 0.319 e. The van der Waals surface area contributed by atoms with Gasteiger partial charge in [0, 0.05) is 24.3 Å². The standard InChI is InChI=1S/C20H23N3O2/c1-13-5-4-6-16(9-13)21-20(25)22-17-11-19(24)23(12-17)18-8-7-14(2)15(3)10-18/h4-10,17H,11-12H2,1-3H3,(H2,21,22,25). The molecular weight excluding hydrogens is 314 g/mol. The molecule has 0 bridgehead atoms. The minimum Gasteiger partial charge on any atom is -0.333 e. The Morgan fingerprint density at radius 3 is 2.60 bits per heavy atom. The van der Waals surface area contributed by atoms with E-state index in [1.807, 2.05) is 63.2 Å². The molecule has 0 spiro atoms. The monoisotopic (exact) mass is 337 g/mol. The van der Waals surface area contributed by atoms with Crippen molar-refractivity contribution in [3.63, 3.8) is 0 Å². The highest BCUT2D eigenvalue weighted by molar-refractivity contribution is 5.97. The van der Waals surface area contributed by atoms with Crippen LogP contribution in [0.3, 0.4) is 0 Å². The Morgan fingerprint density at radius 2 is 1.88 bits per heavy atom. The number of hydrogen-bond donors (Lipinski definition) is 2. The van der Waals surface area contributed by atoms with Crippen molar-refractivity contribution in [3.05, 3.63) is 59.2 Å². The molecule has 0 aliphatic carbocycles. The highest BCUT2D eigenvalue weighted by atomic mass is 16.2. The van der Waals surface area contributed by atoms with E-state index in [0.717, 1.165) is 22.5 Å². The van der Waals surface area contributed by atoms with Gasteiger partial charge in [-0.15, -0.1) is 0 Å². The SMILES string of the molecule is Cc1cccc(NC(=O)NC2CC(=O)N(c3ccc(C)c(C)c3)C2)c1. The maximum absolute atomic E-state index is 12.3. The second-order valence-corrected chi connectivity index (χ2v) is 6.64. The molecular formula is C20H23N3O2. The van der Waals surface area contributed by atoms with E-state index in [2.05, 4.69) is 10.6 Å². The van der Waals surface area contributed by atoms with Crippen LogP contribution in [0.25, 0.3) is 0 Å². The number of nitrogens with zero attached hydrogens (tertiary/aromatic N) is 1. The average molecular weight is 337 g/mol. The number of carbonyl (C=O) groups excluding carboxylic acids is 2. The summed E-state index contributed by atoms with van der Waals surface area (Å²) in [7, 11) is 0. The molecule has 3 rings (SSSR count). The first-order valence-corrected chi connectivity index (χ1v) is 8.44. The summed E-state index contributed by atoms with van der Waals surface area (Å²) in [6.45, 7) is 6.54. The Kier molecular flexibility index (Phi) is 4.74. The molecule has 1 aliphatic rings. The maximum atomic E-state index is 12.3. The van der Waals surface area contributed by atoms with Crippen molar-refractivity contribution in [2.45, 2.75) is 33.2 Å². The molecule has 130 valence electrons. The van der Waals surface area contributed by atoms with Crippen molar-refractivity contribution in [1.82, 2.24) is 5.32 Å². The van der Waals surface area contributed by atoms with Crippen LogP contribution in [0.4, 0.5) is 16.2 Å². The van der Waals surface area contributed by atoms with Gasteiger partial charge in [0.05, 0.1) is 6.04 Å². The number of carbonyl (C=O) groups is 2. The molecule has 0 aromatic heterocycles. The fourth-order valence-corrected chi connectivity index (χ4v) is 3.02. The van der Waals surface area contributed by atoms with Crippen LogP contribution in [-0.2, 0) is 4.79 Å². The first-order valence-electron chi connectivity index (χ1n) is 8.44. The molecule has 1 atom stereocenters. The number of urea groups is 1. The number of amides is 3. The zero-order valence-corrected chi connectivity index (χ0v) is 14.8. The van der Waals surface area contributed by atoms with Gasteiger partial charge < -0.3 is 15.5 Å². The minimum absolute atomic E-state index is 0.0316. The van der Waals surface area contributed by atoms with E-state index >= 15 is 0 Å². The summed E-state index contributed by atoms with van der Waals surface area (Å²) in [6.07, 6.45) is 0.314. The molecule has 5 nitrogen and oxygen atoms in total. The summed E-state index contributed by atoms with van der Waals surface area (Å²) in [5.41, 5.74) is 5.06. The predicted octanol–water partition coefficient (Wildman–Crippen LogP) is 3.54. The Labute approximate surface area is 148 Å². The molecule has 0 radical (unpaired) electrons. The Morgan fingerprint density at radius 1 is 1.08 bits per heavy atom. The molecule has 2 aromatic rings. The summed E-state index contributed by atoms with van der Waals surface area (Å²) < 4.78 is 0. The van der Waals surface area contributed by atoms with Crippen LogP contribution >= 0.6 is 0 Å². The third-order valence-corrected chi connectivity index (χ3v) is 4.54.